The normalized spacial score (nSPS) is 15.9. The molecule has 1 aliphatic rings. The Hall–Kier alpha value is -3.19. The molecule has 7 nitrogen and oxygen atoms in total. The number of ether oxygens (including phenoxy) is 2. The van der Waals surface area contributed by atoms with Gasteiger partial charge in [-0.1, -0.05) is 24.3 Å². The van der Waals surface area contributed by atoms with Crippen molar-refractivity contribution in [2.75, 3.05) is 13.2 Å². The maximum atomic E-state index is 12.4. The Labute approximate surface area is 169 Å². The van der Waals surface area contributed by atoms with E-state index in [-0.39, 0.29) is 12.0 Å². The smallest absolute Gasteiger partial charge is 0.251 e. The van der Waals surface area contributed by atoms with Gasteiger partial charge in [-0.25, -0.2) is 9.67 Å². The van der Waals surface area contributed by atoms with Gasteiger partial charge in [0.1, 0.15) is 25.0 Å². The van der Waals surface area contributed by atoms with Crippen molar-refractivity contribution in [1.29, 1.82) is 0 Å². The van der Waals surface area contributed by atoms with Gasteiger partial charge in [0.25, 0.3) is 5.91 Å². The number of aromatic nitrogens is 3. The molecular formula is C22H24N4O3. The van der Waals surface area contributed by atoms with Crippen LogP contribution >= 0.6 is 0 Å². The summed E-state index contributed by atoms with van der Waals surface area (Å²) in [6, 6.07) is 15.3. The van der Waals surface area contributed by atoms with Gasteiger partial charge in [0.05, 0.1) is 12.6 Å². The number of nitrogens with one attached hydrogen (secondary N) is 1. The average Bonchev–Trinajstić information content (AvgIpc) is 3.46. The van der Waals surface area contributed by atoms with Crippen LogP contribution in [-0.4, -0.2) is 40.0 Å². The molecule has 3 aromatic rings. The molecule has 0 saturated carbocycles. The molecule has 1 saturated heterocycles. The summed E-state index contributed by atoms with van der Waals surface area (Å²) >= 11 is 0. The molecule has 1 fully saturated rings. The number of nitrogens with zero attached hydrogens (tertiary/aromatic N) is 3. The average molecular weight is 392 g/mol. The highest BCUT2D eigenvalue weighted by Crippen LogP contribution is 2.16. The summed E-state index contributed by atoms with van der Waals surface area (Å²) in [6.45, 7) is 2.52. The van der Waals surface area contributed by atoms with Crippen LogP contribution in [0.15, 0.2) is 61.2 Å². The van der Waals surface area contributed by atoms with Crippen molar-refractivity contribution in [2.45, 2.75) is 32.0 Å². The Morgan fingerprint density at radius 2 is 1.93 bits per heavy atom. The fourth-order valence-corrected chi connectivity index (χ4v) is 3.22. The molecule has 0 spiro atoms. The Balaban J connectivity index is 1.24. The maximum Gasteiger partial charge on any atom is 0.251 e. The molecule has 1 unspecified atom stereocenters. The van der Waals surface area contributed by atoms with Gasteiger partial charge in [-0.3, -0.25) is 4.79 Å². The highest BCUT2D eigenvalue weighted by Gasteiger charge is 2.16. The molecule has 4 rings (SSSR count). The molecule has 7 heteroatoms. The minimum absolute atomic E-state index is 0.109. The third kappa shape index (κ3) is 5.42. The van der Waals surface area contributed by atoms with Gasteiger partial charge >= 0.3 is 0 Å². The lowest BCUT2D eigenvalue weighted by atomic mass is 10.1. The van der Waals surface area contributed by atoms with Crippen LogP contribution in [0.4, 0.5) is 0 Å². The van der Waals surface area contributed by atoms with Gasteiger partial charge < -0.3 is 14.8 Å². The zero-order chi connectivity index (χ0) is 19.9. The number of carbonyl (C=O) groups excluding carboxylic acids is 1. The van der Waals surface area contributed by atoms with E-state index in [1.54, 1.807) is 23.1 Å². The largest absolute Gasteiger partial charge is 0.491 e. The molecule has 1 aromatic heterocycles. The summed E-state index contributed by atoms with van der Waals surface area (Å²) in [5, 5.41) is 7.05. The van der Waals surface area contributed by atoms with Crippen LogP contribution < -0.4 is 10.1 Å². The van der Waals surface area contributed by atoms with Crippen molar-refractivity contribution in [2.24, 2.45) is 0 Å². The Bertz CT molecular complexity index is 902. The minimum Gasteiger partial charge on any atom is -0.491 e. The van der Waals surface area contributed by atoms with Crippen molar-refractivity contribution in [3.63, 3.8) is 0 Å². The van der Waals surface area contributed by atoms with Crippen LogP contribution in [0.5, 0.6) is 5.75 Å². The van der Waals surface area contributed by atoms with E-state index in [9.17, 15) is 4.79 Å². The molecule has 0 radical (unpaired) electrons. The van der Waals surface area contributed by atoms with Gasteiger partial charge in [-0.05, 0) is 48.2 Å². The first-order valence-corrected chi connectivity index (χ1v) is 9.79. The van der Waals surface area contributed by atoms with E-state index in [4.69, 9.17) is 9.47 Å². The van der Waals surface area contributed by atoms with Gasteiger partial charge in [0, 0.05) is 18.7 Å². The topological polar surface area (TPSA) is 78.3 Å². The zero-order valence-electron chi connectivity index (χ0n) is 16.2. The van der Waals surface area contributed by atoms with Crippen LogP contribution in [0, 0.1) is 0 Å². The van der Waals surface area contributed by atoms with E-state index in [1.165, 1.54) is 6.33 Å². The van der Waals surface area contributed by atoms with Crippen LogP contribution in [0.25, 0.3) is 0 Å². The molecule has 2 heterocycles. The summed E-state index contributed by atoms with van der Waals surface area (Å²) in [5.74, 6) is 0.641. The summed E-state index contributed by atoms with van der Waals surface area (Å²) in [5.41, 5.74) is 2.78. The van der Waals surface area contributed by atoms with Gasteiger partial charge in [0.2, 0.25) is 0 Å². The molecule has 0 aliphatic carbocycles. The van der Waals surface area contributed by atoms with Crippen LogP contribution in [0.1, 0.15) is 34.3 Å². The quantitative estimate of drug-likeness (QED) is 0.638. The third-order valence-corrected chi connectivity index (χ3v) is 4.86. The van der Waals surface area contributed by atoms with E-state index < -0.39 is 0 Å². The molecule has 1 atom stereocenters. The lowest BCUT2D eigenvalue weighted by Crippen LogP contribution is -2.22. The SMILES string of the molecule is O=C(NCc1ccc(Cn2cncn2)cc1)c1ccc(OCC2CCCO2)cc1. The van der Waals surface area contributed by atoms with Gasteiger partial charge in [-0.15, -0.1) is 0 Å². The van der Waals surface area contributed by atoms with Crippen molar-refractivity contribution < 1.29 is 14.3 Å². The fourth-order valence-electron chi connectivity index (χ4n) is 3.22. The van der Waals surface area contributed by atoms with E-state index in [0.717, 1.165) is 36.3 Å². The van der Waals surface area contributed by atoms with Crippen LogP contribution in [0.2, 0.25) is 0 Å². The summed E-state index contributed by atoms with van der Waals surface area (Å²) < 4.78 is 13.1. The molecule has 2 aromatic carbocycles. The van der Waals surface area contributed by atoms with Crippen molar-refractivity contribution in [3.8, 4) is 5.75 Å². The molecule has 29 heavy (non-hydrogen) atoms. The second-order valence-electron chi connectivity index (χ2n) is 7.06. The first kappa shape index (κ1) is 19.1. The number of carbonyl (C=O) groups is 1. The van der Waals surface area contributed by atoms with Gasteiger partial charge in [-0.2, -0.15) is 5.10 Å². The van der Waals surface area contributed by atoms with E-state index in [0.29, 0.717) is 25.3 Å². The Kier molecular flexibility index (Phi) is 6.16. The Morgan fingerprint density at radius 1 is 1.14 bits per heavy atom. The fraction of sp³-hybridized carbons (Fsp3) is 0.318. The minimum atomic E-state index is -0.109. The summed E-state index contributed by atoms with van der Waals surface area (Å²) in [4.78, 5) is 16.3. The standard InChI is InChI=1S/C22H24N4O3/c27-22(19-7-9-20(10-8-19)29-14-21-2-1-11-28-21)24-12-17-3-5-18(6-4-17)13-26-16-23-15-25-26/h3-10,15-16,21H,1-2,11-14H2,(H,24,27). The lowest BCUT2D eigenvalue weighted by Gasteiger charge is -2.12. The number of rotatable bonds is 8. The van der Waals surface area contributed by atoms with E-state index in [1.807, 2.05) is 36.4 Å². The molecule has 1 aliphatic heterocycles. The van der Waals surface area contributed by atoms with Crippen molar-refractivity contribution >= 4 is 5.91 Å². The second kappa shape index (κ2) is 9.34. The van der Waals surface area contributed by atoms with Gasteiger partial charge in [0.15, 0.2) is 0 Å². The number of benzene rings is 2. The number of hydrogen-bond donors (Lipinski definition) is 1. The summed E-state index contributed by atoms with van der Waals surface area (Å²) in [6.07, 6.45) is 5.53. The lowest BCUT2D eigenvalue weighted by molar-refractivity contribution is 0.0679. The zero-order valence-corrected chi connectivity index (χ0v) is 16.2. The summed E-state index contributed by atoms with van der Waals surface area (Å²) in [7, 11) is 0. The highest BCUT2D eigenvalue weighted by atomic mass is 16.5. The molecule has 1 amide bonds. The number of hydrogen-bond acceptors (Lipinski definition) is 5. The maximum absolute atomic E-state index is 12.4. The van der Waals surface area contributed by atoms with Crippen molar-refractivity contribution in [3.05, 3.63) is 77.9 Å². The monoisotopic (exact) mass is 392 g/mol. The predicted molar refractivity (Wildman–Crippen MR) is 108 cm³/mol. The molecular weight excluding hydrogens is 368 g/mol. The highest BCUT2D eigenvalue weighted by molar-refractivity contribution is 5.94. The first-order valence-electron chi connectivity index (χ1n) is 9.79. The third-order valence-electron chi connectivity index (χ3n) is 4.86. The molecule has 0 bridgehead atoms. The molecule has 150 valence electrons. The van der Waals surface area contributed by atoms with Crippen LogP contribution in [0.3, 0.4) is 0 Å². The first-order chi connectivity index (χ1) is 14.3. The number of amides is 1. The van der Waals surface area contributed by atoms with Crippen molar-refractivity contribution in [1.82, 2.24) is 20.1 Å². The van der Waals surface area contributed by atoms with E-state index in [2.05, 4.69) is 15.4 Å². The van der Waals surface area contributed by atoms with E-state index >= 15 is 0 Å². The second-order valence-corrected chi connectivity index (χ2v) is 7.06. The Morgan fingerprint density at radius 3 is 2.62 bits per heavy atom. The molecule has 1 N–H and O–H groups in total. The predicted octanol–water partition coefficient (Wildman–Crippen LogP) is 2.81. The van der Waals surface area contributed by atoms with Crippen LogP contribution in [-0.2, 0) is 17.8 Å².